The van der Waals surface area contributed by atoms with Gasteiger partial charge in [-0.25, -0.2) is 14.8 Å². The summed E-state index contributed by atoms with van der Waals surface area (Å²) in [6.07, 6.45) is -3.90. The fourth-order valence-corrected chi connectivity index (χ4v) is 2.38. The third-order valence-corrected chi connectivity index (χ3v) is 3.52. The molecule has 1 aliphatic rings. The molecule has 2 N–H and O–H groups in total. The average molecular weight is 374 g/mol. The van der Waals surface area contributed by atoms with E-state index in [-0.39, 0.29) is 45.2 Å². The average Bonchev–Trinajstić information content (AvgIpc) is 2.89. The Hall–Kier alpha value is -2.88. The van der Waals surface area contributed by atoms with Gasteiger partial charge in [0.05, 0.1) is 24.8 Å². The zero-order chi connectivity index (χ0) is 18.4. The first kappa shape index (κ1) is 17.0. The highest BCUT2D eigenvalue weighted by Crippen LogP contribution is 2.50. The molecule has 1 aromatic carbocycles. The minimum absolute atomic E-state index is 0.00363. The van der Waals surface area contributed by atoms with Crippen molar-refractivity contribution < 1.29 is 32.5 Å². The summed E-state index contributed by atoms with van der Waals surface area (Å²) in [5.41, 5.74) is 5.48. The van der Waals surface area contributed by atoms with E-state index < -0.39 is 12.3 Å². The molecular formula is C14H10ClF2N3O5. The molecule has 3 rings (SSSR count). The van der Waals surface area contributed by atoms with Crippen LogP contribution in [0, 0.1) is 0 Å². The lowest BCUT2D eigenvalue weighted by Gasteiger charge is -2.11. The number of aromatic nitrogens is 2. The number of hydrogen-bond acceptors (Lipinski definition) is 8. The second-order valence-corrected chi connectivity index (χ2v) is 5.13. The summed E-state index contributed by atoms with van der Waals surface area (Å²) < 4.78 is 45.3. The Labute approximate surface area is 144 Å². The molecule has 0 spiro atoms. The molecule has 1 aliphatic heterocycles. The number of esters is 1. The van der Waals surface area contributed by atoms with Gasteiger partial charge in [0.2, 0.25) is 0 Å². The molecule has 25 heavy (non-hydrogen) atoms. The highest BCUT2D eigenvalue weighted by Gasteiger charge is 2.46. The van der Waals surface area contributed by atoms with Crippen molar-refractivity contribution in [2.24, 2.45) is 0 Å². The van der Waals surface area contributed by atoms with Gasteiger partial charge in [-0.3, -0.25) is 0 Å². The van der Waals surface area contributed by atoms with E-state index in [4.69, 9.17) is 22.1 Å². The second kappa shape index (κ2) is 5.88. The van der Waals surface area contributed by atoms with Crippen LogP contribution in [0.4, 0.5) is 14.6 Å². The lowest BCUT2D eigenvalue weighted by atomic mass is 10.1. The zero-order valence-corrected chi connectivity index (χ0v) is 13.6. The van der Waals surface area contributed by atoms with Crippen LogP contribution in [0.2, 0.25) is 5.02 Å². The smallest absolute Gasteiger partial charge is 0.491 e. The predicted octanol–water partition coefficient (Wildman–Crippen LogP) is 2.50. The first-order valence-electron chi connectivity index (χ1n) is 6.66. The summed E-state index contributed by atoms with van der Waals surface area (Å²) in [4.78, 5) is 19.8. The molecule has 11 heteroatoms. The quantitative estimate of drug-likeness (QED) is 0.818. The second-order valence-electron chi connectivity index (χ2n) is 4.73. The van der Waals surface area contributed by atoms with Crippen LogP contribution in [0.1, 0.15) is 10.5 Å². The number of ether oxygens (including phenoxy) is 4. The van der Waals surface area contributed by atoms with Crippen molar-refractivity contribution in [1.29, 1.82) is 0 Å². The topological polar surface area (TPSA) is 106 Å². The van der Waals surface area contributed by atoms with Crippen LogP contribution in [0.3, 0.4) is 0 Å². The summed E-state index contributed by atoms with van der Waals surface area (Å²) in [6, 6.07) is 2.62. The van der Waals surface area contributed by atoms with Crippen LogP contribution in [0.15, 0.2) is 12.1 Å². The largest absolute Gasteiger partial charge is 0.586 e. The fourth-order valence-electron chi connectivity index (χ4n) is 2.19. The van der Waals surface area contributed by atoms with Gasteiger partial charge >= 0.3 is 12.3 Å². The molecule has 0 amide bonds. The van der Waals surface area contributed by atoms with Crippen molar-refractivity contribution in [3.05, 3.63) is 22.8 Å². The highest BCUT2D eigenvalue weighted by atomic mass is 35.5. The van der Waals surface area contributed by atoms with Crippen molar-refractivity contribution in [2.75, 3.05) is 20.0 Å². The predicted molar refractivity (Wildman–Crippen MR) is 81.0 cm³/mol. The molecule has 0 saturated heterocycles. The molecule has 0 bridgehead atoms. The van der Waals surface area contributed by atoms with Crippen molar-refractivity contribution in [2.45, 2.75) is 6.29 Å². The molecule has 0 atom stereocenters. The van der Waals surface area contributed by atoms with Gasteiger partial charge in [-0.2, -0.15) is 0 Å². The maximum atomic E-state index is 13.4. The number of halogens is 3. The number of methoxy groups -OCH3 is 2. The van der Waals surface area contributed by atoms with Crippen molar-refractivity contribution in [1.82, 2.24) is 9.97 Å². The number of rotatable bonds is 3. The molecule has 0 aliphatic carbocycles. The van der Waals surface area contributed by atoms with Gasteiger partial charge in [-0.05, 0) is 12.1 Å². The van der Waals surface area contributed by atoms with Crippen LogP contribution in [-0.4, -0.2) is 36.5 Å². The Balaban J connectivity index is 2.21. The maximum Gasteiger partial charge on any atom is 0.586 e. The molecule has 2 heterocycles. The van der Waals surface area contributed by atoms with Crippen LogP contribution in [0.5, 0.6) is 17.2 Å². The molecule has 0 radical (unpaired) electrons. The van der Waals surface area contributed by atoms with Crippen LogP contribution >= 0.6 is 11.6 Å². The van der Waals surface area contributed by atoms with Gasteiger partial charge in [0, 0.05) is 0 Å². The summed E-state index contributed by atoms with van der Waals surface area (Å²) in [5.74, 6) is -2.07. The molecule has 0 unspecified atom stereocenters. The zero-order valence-electron chi connectivity index (χ0n) is 12.8. The van der Waals surface area contributed by atoms with Crippen LogP contribution in [-0.2, 0) is 4.74 Å². The van der Waals surface area contributed by atoms with Gasteiger partial charge in [0.15, 0.2) is 34.6 Å². The number of fused-ring (bicyclic) bond motifs is 1. The van der Waals surface area contributed by atoms with E-state index in [9.17, 15) is 13.6 Å². The first-order chi connectivity index (χ1) is 11.8. The fraction of sp³-hybridized carbons (Fsp3) is 0.214. The number of nitrogens with two attached hydrogens (primary N) is 1. The van der Waals surface area contributed by atoms with E-state index in [0.717, 1.165) is 7.11 Å². The Bertz CT molecular complexity index is 878. The molecule has 132 valence electrons. The van der Waals surface area contributed by atoms with E-state index >= 15 is 0 Å². The lowest BCUT2D eigenvalue weighted by molar-refractivity contribution is -0.286. The molecular weight excluding hydrogens is 364 g/mol. The minimum Gasteiger partial charge on any atom is -0.491 e. The van der Waals surface area contributed by atoms with Crippen molar-refractivity contribution >= 4 is 23.4 Å². The Morgan fingerprint density at radius 1 is 1.24 bits per heavy atom. The van der Waals surface area contributed by atoms with E-state index in [1.165, 1.54) is 19.2 Å². The number of nitrogen functional groups attached to an aromatic ring is 1. The third-order valence-electron chi connectivity index (χ3n) is 3.22. The van der Waals surface area contributed by atoms with E-state index in [1.54, 1.807) is 0 Å². The number of nitrogens with zero attached hydrogens (tertiary/aromatic N) is 2. The minimum atomic E-state index is -3.90. The van der Waals surface area contributed by atoms with E-state index in [0.29, 0.717) is 0 Å². The number of benzene rings is 1. The standard InChI is InChI=1S/C14H10ClF2N3O5/c1-22-10-7(13(21)23-2)19-12(20-11(10)18)5-3-4-6(15)9-8(5)24-14(16,17)25-9/h3-4H,1-2H3,(H2,18,19,20). The lowest BCUT2D eigenvalue weighted by Crippen LogP contribution is -2.26. The maximum absolute atomic E-state index is 13.4. The summed E-state index contributed by atoms with van der Waals surface area (Å²) in [5, 5.41) is -0.0920. The van der Waals surface area contributed by atoms with Gasteiger partial charge in [-0.15, -0.1) is 8.78 Å². The summed E-state index contributed by atoms with van der Waals surface area (Å²) in [7, 11) is 2.40. The summed E-state index contributed by atoms with van der Waals surface area (Å²) in [6.45, 7) is 0. The molecule has 1 aromatic heterocycles. The monoisotopic (exact) mass is 373 g/mol. The highest BCUT2D eigenvalue weighted by molar-refractivity contribution is 6.32. The molecule has 0 fully saturated rings. The normalized spacial score (nSPS) is 14.3. The first-order valence-corrected chi connectivity index (χ1v) is 7.03. The van der Waals surface area contributed by atoms with Gasteiger partial charge < -0.3 is 24.7 Å². The summed E-state index contributed by atoms with van der Waals surface area (Å²) >= 11 is 5.84. The van der Waals surface area contributed by atoms with Crippen LogP contribution < -0.4 is 19.9 Å². The van der Waals surface area contributed by atoms with Gasteiger partial charge in [0.25, 0.3) is 0 Å². The number of carbonyl (C=O) groups excluding carboxylic acids is 1. The number of carbonyl (C=O) groups is 1. The third kappa shape index (κ3) is 2.84. The molecule has 8 nitrogen and oxygen atoms in total. The molecule has 0 saturated carbocycles. The number of alkyl halides is 2. The van der Waals surface area contributed by atoms with Crippen LogP contribution in [0.25, 0.3) is 11.4 Å². The van der Waals surface area contributed by atoms with Crippen molar-refractivity contribution in [3.8, 4) is 28.6 Å². The van der Waals surface area contributed by atoms with Gasteiger partial charge in [-0.1, -0.05) is 11.6 Å². The van der Waals surface area contributed by atoms with E-state index in [1.807, 2.05) is 0 Å². The number of anilines is 1. The Morgan fingerprint density at radius 2 is 1.92 bits per heavy atom. The SMILES string of the molecule is COC(=O)c1nc(-c2ccc(Cl)c3c2OC(F)(F)O3)nc(N)c1OC. The van der Waals surface area contributed by atoms with Crippen molar-refractivity contribution in [3.63, 3.8) is 0 Å². The van der Waals surface area contributed by atoms with E-state index in [2.05, 4.69) is 24.2 Å². The Morgan fingerprint density at radius 3 is 2.56 bits per heavy atom. The molecule has 2 aromatic rings. The Kier molecular flexibility index (Phi) is 3.99. The number of hydrogen-bond donors (Lipinski definition) is 1. The van der Waals surface area contributed by atoms with Gasteiger partial charge in [0.1, 0.15) is 0 Å².